The fraction of sp³-hybridized carbons (Fsp3) is 0.478. The van der Waals surface area contributed by atoms with Gasteiger partial charge in [-0.25, -0.2) is 0 Å². The normalized spacial score (nSPS) is 21.2. The summed E-state index contributed by atoms with van der Waals surface area (Å²) in [6.45, 7) is 9.30. The van der Waals surface area contributed by atoms with Gasteiger partial charge in [0.15, 0.2) is 0 Å². The lowest BCUT2D eigenvalue weighted by Crippen LogP contribution is -2.39. The van der Waals surface area contributed by atoms with Crippen molar-refractivity contribution in [3.05, 3.63) is 54.6 Å². The molecule has 134 valence electrons. The van der Waals surface area contributed by atoms with E-state index in [0.29, 0.717) is 0 Å². The first-order valence-corrected chi connectivity index (χ1v) is 9.72. The van der Waals surface area contributed by atoms with Crippen LogP contribution in [0.2, 0.25) is 0 Å². The monoisotopic (exact) mass is 337 g/mol. The summed E-state index contributed by atoms with van der Waals surface area (Å²) in [6.07, 6.45) is 3.71. The molecule has 25 heavy (non-hydrogen) atoms. The topological polar surface area (TPSA) is 12.5 Å². The first-order valence-electron chi connectivity index (χ1n) is 9.72. The molecule has 1 heterocycles. The number of unbranched alkanes of at least 4 members (excludes halogenated alkanes) is 1. The van der Waals surface area contributed by atoms with Gasteiger partial charge in [-0.05, 0) is 49.3 Å². The first-order chi connectivity index (χ1) is 12.2. The lowest BCUT2D eigenvalue weighted by atomic mass is 9.92. The number of rotatable bonds is 7. The molecule has 0 unspecified atom stereocenters. The fourth-order valence-corrected chi connectivity index (χ4v) is 4.04. The predicted molar refractivity (Wildman–Crippen MR) is 106 cm³/mol. The molecule has 0 saturated carbocycles. The van der Waals surface area contributed by atoms with Gasteiger partial charge < -0.3 is 9.64 Å². The molecule has 0 aromatic heterocycles. The molecule has 2 aromatic carbocycles. The van der Waals surface area contributed by atoms with Gasteiger partial charge in [0.05, 0.1) is 6.61 Å². The largest absolute Gasteiger partial charge is 0.493 e. The van der Waals surface area contributed by atoms with Crippen LogP contribution in [0, 0.1) is 11.8 Å². The molecule has 1 aliphatic rings. The van der Waals surface area contributed by atoms with Gasteiger partial charge in [-0.3, -0.25) is 0 Å². The minimum absolute atomic E-state index is 0.794. The summed E-state index contributed by atoms with van der Waals surface area (Å²) in [5.74, 6) is 2.68. The van der Waals surface area contributed by atoms with Gasteiger partial charge in [0.2, 0.25) is 0 Å². The Morgan fingerprint density at radius 1 is 0.880 bits per heavy atom. The summed E-state index contributed by atoms with van der Waals surface area (Å²) in [4.78, 5) is 2.64. The van der Waals surface area contributed by atoms with E-state index in [1.54, 1.807) is 0 Å². The van der Waals surface area contributed by atoms with Crippen LogP contribution in [0.5, 0.6) is 5.75 Å². The van der Waals surface area contributed by atoms with Crippen LogP contribution < -0.4 is 4.74 Å². The molecule has 1 saturated heterocycles. The van der Waals surface area contributed by atoms with Crippen molar-refractivity contribution in [3.8, 4) is 16.9 Å². The van der Waals surface area contributed by atoms with Crippen LogP contribution in [-0.4, -0.2) is 31.1 Å². The summed E-state index contributed by atoms with van der Waals surface area (Å²) in [5.41, 5.74) is 2.40. The number of hydrogen-bond donors (Lipinski definition) is 0. The smallest absolute Gasteiger partial charge is 0.127 e. The summed E-state index contributed by atoms with van der Waals surface area (Å²) >= 11 is 0. The fourth-order valence-electron chi connectivity index (χ4n) is 4.04. The highest BCUT2D eigenvalue weighted by atomic mass is 16.5. The number of benzene rings is 2. The third-order valence-corrected chi connectivity index (χ3v) is 5.04. The molecule has 0 N–H and O–H groups in total. The maximum atomic E-state index is 6.10. The van der Waals surface area contributed by atoms with Gasteiger partial charge >= 0.3 is 0 Å². The molecule has 0 radical (unpaired) electrons. The van der Waals surface area contributed by atoms with Crippen molar-refractivity contribution in [1.29, 1.82) is 0 Å². The molecule has 1 fully saturated rings. The van der Waals surface area contributed by atoms with Gasteiger partial charge in [0, 0.05) is 18.7 Å². The molecule has 2 atom stereocenters. The third-order valence-electron chi connectivity index (χ3n) is 5.04. The van der Waals surface area contributed by atoms with E-state index in [0.717, 1.165) is 30.6 Å². The van der Waals surface area contributed by atoms with E-state index in [1.807, 2.05) is 0 Å². The highest BCUT2D eigenvalue weighted by Gasteiger charge is 2.20. The van der Waals surface area contributed by atoms with Crippen molar-refractivity contribution in [3.63, 3.8) is 0 Å². The number of ether oxygens (including phenoxy) is 1. The van der Waals surface area contributed by atoms with Crippen molar-refractivity contribution >= 4 is 0 Å². The van der Waals surface area contributed by atoms with E-state index in [2.05, 4.69) is 73.3 Å². The van der Waals surface area contributed by atoms with Gasteiger partial charge in [0.25, 0.3) is 0 Å². The second kappa shape index (κ2) is 9.05. The SMILES string of the molecule is C[C@@H]1C[C@H](C)CN(CCCCOc2ccccc2-c2ccccc2)C1. The minimum atomic E-state index is 0.794. The zero-order chi connectivity index (χ0) is 17.5. The minimum Gasteiger partial charge on any atom is -0.493 e. The number of likely N-dealkylation sites (tertiary alicyclic amines) is 1. The second-order valence-corrected chi connectivity index (χ2v) is 7.62. The van der Waals surface area contributed by atoms with Crippen LogP contribution in [0.25, 0.3) is 11.1 Å². The molecule has 0 spiro atoms. The van der Waals surface area contributed by atoms with Crippen molar-refractivity contribution in [2.45, 2.75) is 33.1 Å². The zero-order valence-electron chi connectivity index (χ0n) is 15.7. The van der Waals surface area contributed by atoms with Crippen LogP contribution in [0.3, 0.4) is 0 Å². The van der Waals surface area contributed by atoms with E-state index in [1.165, 1.54) is 43.6 Å². The zero-order valence-corrected chi connectivity index (χ0v) is 15.7. The van der Waals surface area contributed by atoms with E-state index in [4.69, 9.17) is 4.74 Å². The molecule has 2 heteroatoms. The molecular weight excluding hydrogens is 306 g/mol. The molecule has 1 aliphatic heterocycles. The van der Waals surface area contributed by atoms with Crippen LogP contribution in [0.15, 0.2) is 54.6 Å². The number of piperidine rings is 1. The van der Waals surface area contributed by atoms with Gasteiger partial charge in [-0.2, -0.15) is 0 Å². The lowest BCUT2D eigenvalue weighted by Gasteiger charge is -2.34. The Morgan fingerprint density at radius 3 is 2.32 bits per heavy atom. The average Bonchev–Trinajstić information content (AvgIpc) is 2.62. The van der Waals surface area contributed by atoms with Gasteiger partial charge in [0.1, 0.15) is 5.75 Å². The molecule has 0 amide bonds. The predicted octanol–water partition coefficient (Wildman–Crippen LogP) is 5.49. The standard InChI is InChI=1S/C23H31NO/c1-19-16-20(2)18-24(17-19)14-8-9-15-25-23-13-7-6-12-22(23)21-10-4-3-5-11-21/h3-7,10-13,19-20H,8-9,14-18H2,1-2H3/t19-,20+. The van der Waals surface area contributed by atoms with E-state index in [-0.39, 0.29) is 0 Å². The summed E-state index contributed by atoms with van der Waals surface area (Å²) in [6, 6.07) is 18.8. The molecule has 2 aromatic rings. The number of para-hydroxylation sites is 1. The Morgan fingerprint density at radius 2 is 1.56 bits per heavy atom. The van der Waals surface area contributed by atoms with Crippen LogP contribution in [0.4, 0.5) is 0 Å². The Kier molecular flexibility index (Phi) is 6.52. The molecule has 3 rings (SSSR count). The molecule has 0 aliphatic carbocycles. The van der Waals surface area contributed by atoms with E-state index < -0.39 is 0 Å². The lowest BCUT2D eigenvalue weighted by molar-refractivity contribution is 0.137. The van der Waals surface area contributed by atoms with Crippen LogP contribution in [-0.2, 0) is 0 Å². The maximum absolute atomic E-state index is 6.10. The van der Waals surface area contributed by atoms with Crippen LogP contribution in [0.1, 0.15) is 33.1 Å². The molecular formula is C23H31NO. The first kappa shape index (κ1) is 18.0. The number of nitrogens with zero attached hydrogens (tertiary/aromatic N) is 1. The van der Waals surface area contributed by atoms with Crippen molar-refractivity contribution < 1.29 is 4.74 Å². The van der Waals surface area contributed by atoms with Crippen molar-refractivity contribution in [2.75, 3.05) is 26.2 Å². The Labute approximate surface area is 152 Å². The summed E-state index contributed by atoms with van der Waals surface area (Å²) in [5, 5.41) is 0. The highest BCUT2D eigenvalue weighted by Crippen LogP contribution is 2.29. The van der Waals surface area contributed by atoms with Gasteiger partial charge in [-0.1, -0.05) is 62.4 Å². The van der Waals surface area contributed by atoms with Crippen molar-refractivity contribution in [1.82, 2.24) is 4.90 Å². The van der Waals surface area contributed by atoms with Gasteiger partial charge in [-0.15, -0.1) is 0 Å². The Bertz CT molecular complexity index is 630. The maximum Gasteiger partial charge on any atom is 0.127 e. The number of hydrogen-bond acceptors (Lipinski definition) is 2. The Balaban J connectivity index is 1.45. The van der Waals surface area contributed by atoms with E-state index >= 15 is 0 Å². The van der Waals surface area contributed by atoms with Crippen LogP contribution >= 0.6 is 0 Å². The van der Waals surface area contributed by atoms with Crippen molar-refractivity contribution in [2.24, 2.45) is 11.8 Å². The Hall–Kier alpha value is -1.80. The van der Waals surface area contributed by atoms with E-state index in [9.17, 15) is 0 Å². The average molecular weight is 338 g/mol. The quantitative estimate of drug-likeness (QED) is 0.619. The highest BCUT2D eigenvalue weighted by molar-refractivity contribution is 5.70. The summed E-state index contributed by atoms with van der Waals surface area (Å²) in [7, 11) is 0. The molecule has 0 bridgehead atoms. The molecule has 2 nitrogen and oxygen atoms in total. The third kappa shape index (κ3) is 5.34. The summed E-state index contributed by atoms with van der Waals surface area (Å²) < 4.78 is 6.10. The second-order valence-electron chi connectivity index (χ2n) is 7.62.